The van der Waals surface area contributed by atoms with Gasteiger partial charge in [0.25, 0.3) is 0 Å². The monoisotopic (exact) mass is 175 g/mol. The average Bonchev–Trinajstić information content (AvgIpc) is 1.89. The Hall–Kier alpha value is -0.677. The fourth-order valence-electron chi connectivity index (χ4n) is 0.609. The van der Waals surface area contributed by atoms with Crippen molar-refractivity contribution in [3.05, 3.63) is 29.8 Å². The molecule has 0 unspecified atom stereocenters. The van der Waals surface area contributed by atoms with Gasteiger partial charge in [0.2, 0.25) is 0 Å². The van der Waals surface area contributed by atoms with Crippen LogP contribution in [0.5, 0.6) is 0 Å². The van der Waals surface area contributed by atoms with E-state index in [1.54, 1.807) is 0 Å². The van der Waals surface area contributed by atoms with E-state index in [2.05, 4.69) is 5.92 Å². The van der Waals surface area contributed by atoms with E-state index in [9.17, 15) is 0 Å². The maximum absolute atomic E-state index is 5.20. The van der Waals surface area contributed by atoms with Gasteiger partial charge in [-0.15, -0.1) is 0 Å². The van der Waals surface area contributed by atoms with Crippen LogP contribution in [0.4, 0.5) is 0 Å². The molecule has 0 nitrogen and oxygen atoms in total. The Bertz CT molecular complexity index is 245. The van der Waals surface area contributed by atoms with Crippen molar-refractivity contribution in [1.29, 1.82) is 0 Å². The number of benzene rings is 1. The fraction of sp³-hybridized carbons (Fsp3) is 0. The van der Waals surface area contributed by atoms with Crippen molar-refractivity contribution in [2.24, 2.45) is 0 Å². The van der Waals surface area contributed by atoms with E-state index in [1.807, 2.05) is 40.8 Å². The van der Waals surface area contributed by atoms with E-state index in [0.29, 0.717) is 0 Å². The zero-order valence-corrected chi connectivity index (χ0v) is 6.98. The number of rotatable bonds is 0. The second kappa shape index (κ2) is 2.75. The first kappa shape index (κ1) is 6.44. The van der Waals surface area contributed by atoms with E-state index >= 15 is 0 Å². The van der Waals surface area contributed by atoms with E-state index in [0.717, 1.165) is 5.56 Å². The molecule has 0 aliphatic rings. The van der Waals surface area contributed by atoms with Crippen LogP contribution in [0, 0.1) is 12.3 Å². The second-order valence-electron chi connectivity index (χ2n) is 1.69. The van der Waals surface area contributed by atoms with Gasteiger partial charge in [0.05, 0.1) is 0 Å². The quantitative estimate of drug-likeness (QED) is 0.395. The van der Waals surface area contributed by atoms with Crippen LogP contribution in [-0.2, 0) is 0 Å². The summed E-state index contributed by atoms with van der Waals surface area (Å²) >= 11 is 2.01. The van der Waals surface area contributed by atoms with Crippen LogP contribution in [0.3, 0.4) is 0 Å². The maximum atomic E-state index is 5.20. The predicted octanol–water partition coefficient (Wildman–Crippen LogP) is 0.462. The fourth-order valence-corrected chi connectivity index (χ4v) is 1.14. The minimum absolute atomic E-state index is 0.984. The molecule has 0 amide bonds. The van der Waals surface area contributed by atoms with Crippen LogP contribution in [0.1, 0.15) is 5.56 Å². The molecule has 3 radical (unpaired) electrons. The molecular formula is C8H5Ge. The normalized spacial score (nSPS) is 8.44. The van der Waals surface area contributed by atoms with Crippen LogP contribution < -0.4 is 4.40 Å². The third-order valence-electron chi connectivity index (χ3n) is 1.08. The molecule has 0 saturated carbocycles. The van der Waals surface area contributed by atoms with Crippen molar-refractivity contribution in [1.82, 2.24) is 0 Å². The van der Waals surface area contributed by atoms with Gasteiger partial charge in [0.1, 0.15) is 0 Å². The molecule has 0 aliphatic carbocycles. The van der Waals surface area contributed by atoms with Gasteiger partial charge < -0.3 is 0 Å². The van der Waals surface area contributed by atoms with Crippen molar-refractivity contribution in [2.45, 2.75) is 0 Å². The van der Waals surface area contributed by atoms with Gasteiger partial charge in [-0.3, -0.25) is 0 Å². The average molecular weight is 174 g/mol. The Morgan fingerprint density at radius 3 is 2.44 bits per heavy atom. The summed E-state index contributed by atoms with van der Waals surface area (Å²) in [4.78, 5) is 0. The van der Waals surface area contributed by atoms with E-state index in [4.69, 9.17) is 6.42 Å². The molecule has 0 bridgehead atoms. The Kier molecular flexibility index (Phi) is 1.97. The first-order valence-electron chi connectivity index (χ1n) is 2.62. The van der Waals surface area contributed by atoms with Crippen LogP contribution in [0.2, 0.25) is 0 Å². The van der Waals surface area contributed by atoms with Gasteiger partial charge in [-0.1, -0.05) is 0 Å². The van der Waals surface area contributed by atoms with Crippen molar-refractivity contribution in [2.75, 3.05) is 0 Å². The Balaban J connectivity index is 3.20. The second-order valence-corrected chi connectivity index (χ2v) is 2.82. The summed E-state index contributed by atoms with van der Waals surface area (Å²) in [5.41, 5.74) is 0.984. The first-order chi connectivity index (χ1) is 4.34. The molecule has 0 saturated heterocycles. The standard InChI is InChI=1S/C8H5Ge/c1-2-7-5-3-4-6-8(7)9/h1,3-6H. The third kappa shape index (κ3) is 1.37. The molecule has 0 fully saturated rings. The number of hydrogen-bond acceptors (Lipinski definition) is 0. The molecule has 41 valence electrons. The number of terminal acetylenes is 1. The molecule has 1 aromatic carbocycles. The summed E-state index contributed by atoms with van der Waals surface area (Å²) in [6.07, 6.45) is 5.20. The molecule has 0 atom stereocenters. The summed E-state index contributed by atoms with van der Waals surface area (Å²) in [5, 5.41) is 0. The topological polar surface area (TPSA) is 0 Å². The molecule has 0 spiro atoms. The van der Waals surface area contributed by atoms with E-state index in [-0.39, 0.29) is 0 Å². The zero-order valence-electron chi connectivity index (χ0n) is 4.89. The predicted molar refractivity (Wildman–Crippen MR) is 39.8 cm³/mol. The zero-order chi connectivity index (χ0) is 6.69. The van der Waals surface area contributed by atoms with Crippen LogP contribution in [-0.4, -0.2) is 16.5 Å². The molecule has 0 heterocycles. The van der Waals surface area contributed by atoms with Gasteiger partial charge in [-0.05, 0) is 0 Å². The summed E-state index contributed by atoms with van der Waals surface area (Å²) < 4.78 is 1.17. The molecule has 1 aromatic rings. The molecule has 1 rings (SSSR count). The minimum atomic E-state index is 0.984. The summed E-state index contributed by atoms with van der Waals surface area (Å²) in [7, 11) is 0. The van der Waals surface area contributed by atoms with Crippen molar-refractivity contribution >= 4 is 20.9 Å². The Morgan fingerprint density at radius 1 is 1.33 bits per heavy atom. The van der Waals surface area contributed by atoms with Crippen LogP contribution >= 0.6 is 0 Å². The van der Waals surface area contributed by atoms with Crippen LogP contribution in [0.25, 0.3) is 0 Å². The van der Waals surface area contributed by atoms with Gasteiger partial charge >= 0.3 is 63.1 Å². The molecule has 0 aliphatic heterocycles. The molecule has 0 aromatic heterocycles. The van der Waals surface area contributed by atoms with Crippen LogP contribution in [0.15, 0.2) is 24.3 Å². The third-order valence-corrected chi connectivity index (χ3v) is 2.00. The molecule has 0 N–H and O–H groups in total. The van der Waals surface area contributed by atoms with Gasteiger partial charge in [0, 0.05) is 0 Å². The van der Waals surface area contributed by atoms with Crippen molar-refractivity contribution in [3.63, 3.8) is 0 Å². The van der Waals surface area contributed by atoms with E-state index < -0.39 is 0 Å². The number of hydrogen-bond donors (Lipinski definition) is 0. The summed E-state index contributed by atoms with van der Waals surface area (Å²) in [6, 6.07) is 7.88. The van der Waals surface area contributed by atoms with Crippen molar-refractivity contribution in [3.8, 4) is 12.3 Å². The van der Waals surface area contributed by atoms with Crippen molar-refractivity contribution < 1.29 is 0 Å². The summed E-state index contributed by atoms with van der Waals surface area (Å²) in [5.74, 6) is 2.60. The SMILES string of the molecule is C#Cc1cccc[c]1[Ge]. The summed E-state index contributed by atoms with van der Waals surface area (Å²) in [6.45, 7) is 0. The van der Waals surface area contributed by atoms with Gasteiger partial charge in [-0.25, -0.2) is 0 Å². The Labute approximate surface area is 63.5 Å². The Morgan fingerprint density at radius 2 is 2.00 bits per heavy atom. The van der Waals surface area contributed by atoms with E-state index in [1.165, 1.54) is 4.40 Å². The van der Waals surface area contributed by atoms with Gasteiger partial charge in [-0.2, -0.15) is 0 Å². The molecular weight excluding hydrogens is 169 g/mol. The molecule has 9 heavy (non-hydrogen) atoms. The first-order valence-corrected chi connectivity index (χ1v) is 3.67. The van der Waals surface area contributed by atoms with Gasteiger partial charge in [0.15, 0.2) is 0 Å². The molecule has 1 heteroatoms.